The molecule has 2 aromatic rings. The summed E-state index contributed by atoms with van der Waals surface area (Å²) in [5, 5.41) is 0.912. The molecule has 1 aliphatic heterocycles. The highest BCUT2D eigenvalue weighted by Gasteiger charge is 2.64. The van der Waals surface area contributed by atoms with Gasteiger partial charge in [0.1, 0.15) is 5.58 Å². The van der Waals surface area contributed by atoms with E-state index < -0.39 is 0 Å². The maximum absolute atomic E-state index is 6.78. The molecule has 3 nitrogen and oxygen atoms in total. The number of rotatable bonds is 3. The molecule has 136 valence electrons. The first-order valence-corrected chi connectivity index (χ1v) is 9.88. The van der Waals surface area contributed by atoms with Crippen molar-refractivity contribution in [3.8, 4) is 0 Å². The van der Waals surface area contributed by atoms with Crippen molar-refractivity contribution in [2.45, 2.75) is 57.5 Å². The quantitative estimate of drug-likeness (QED) is 0.429. The number of halogens is 1. The summed E-state index contributed by atoms with van der Waals surface area (Å²) in [5.74, 6) is 0.398. The number of aryl methyl sites for hydroxylation is 1. The Morgan fingerprint density at radius 1 is 1.31 bits per heavy atom. The van der Waals surface area contributed by atoms with Gasteiger partial charge >= 0.3 is 7.12 Å². The molecular weight excluding hydrogens is 346 g/mol. The minimum absolute atomic E-state index is 0.106. The monoisotopic (exact) mass is 370 g/mol. The van der Waals surface area contributed by atoms with Crippen LogP contribution in [0.25, 0.3) is 11.0 Å². The summed E-state index contributed by atoms with van der Waals surface area (Å²) in [7, 11) is -0.384. The summed E-state index contributed by atoms with van der Waals surface area (Å²) < 4.78 is 18.5. The van der Waals surface area contributed by atoms with E-state index in [1.54, 1.807) is 0 Å². The van der Waals surface area contributed by atoms with Crippen molar-refractivity contribution in [1.29, 1.82) is 0 Å². The van der Waals surface area contributed by atoms with Crippen LogP contribution in [0.2, 0.25) is 0 Å². The molecule has 26 heavy (non-hydrogen) atoms. The first kappa shape index (κ1) is 16.9. The van der Waals surface area contributed by atoms with Gasteiger partial charge in [0.05, 0.1) is 23.2 Å². The molecule has 2 bridgehead atoms. The normalized spacial score (nSPS) is 33.0. The third kappa shape index (κ3) is 2.16. The molecule has 0 spiro atoms. The van der Waals surface area contributed by atoms with Crippen LogP contribution in [0, 0.1) is 18.3 Å². The van der Waals surface area contributed by atoms with Crippen LogP contribution in [0.4, 0.5) is 0 Å². The number of fused-ring (bicyclic) bond motifs is 1. The third-order valence-electron chi connectivity index (χ3n) is 6.90. The third-order valence-corrected chi connectivity index (χ3v) is 7.26. The number of alkyl halides is 1. The van der Waals surface area contributed by atoms with E-state index in [1.807, 2.05) is 18.4 Å². The van der Waals surface area contributed by atoms with Gasteiger partial charge in [-0.2, -0.15) is 0 Å². The van der Waals surface area contributed by atoms with Crippen LogP contribution in [-0.4, -0.2) is 24.1 Å². The maximum atomic E-state index is 6.78. The highest BCUT2D eigenvalue weighted by molar-refractivity contribution is 6.60. The molecule has 2 fully saturated rings. The Morgan fingerprint density at radius 2 is 2.12 bits per heavy atom. The zero-order valence-electron chi connectivity index (χ0n) is 15.7. The molecular formula is C21H24BClO3. The Balaban J connectivity index is 1.37. The first-order chi connectivity index (χ1) is 12.3. The molecule has 2 heterocycles. The highest BCUT2D eigenvalue weighted by atomic mass is 35.5. The van der Waals surface area contributed by atoms with Crippen LogP contribution < -0.4 is 0 Å². The minimum atomic E-state index is -0.384. The van der Waals surface area contributed by atoms with E-state index in [1.165, 1.54) is 11.1 Å². The minimum Gasteiger partial charge on any atom is -0.464 e. The standard InChI is InChI=1S/C21H24BClO3/c1-12-6-5-7-15-19(12)13(11-24-15)8-18(23)22-25-17-10-14-9-16(20(14,2)3)21(17,4)26-22/h5-7,9,11,16-18H,8,10H2,1-4H3/t16?,17-,18-,21+/m1/s1. The number of benzene rings is 1. The Morgan fingerprint density at radius 3 is 2.88 bits per heavy atom. The number of hydrogen-bond donors (Lipinski definition) is 0. The fourth-order valence-corrected chi connectivity index (χ4v) is 5.55. The van der Waals surface area contributed by atoms with E-state index in [2.05, 4.69) is 39.8 Å². The van der Waals surface area contributed by atoms with Crippen molar-refractivity contribution in [2.75, 3.05) is 0 Å². The first-order valence-electron chi connectivity index (χ1n) is 9.45. The highest BCUT2D eigenvalue weighted by Crippen LogP contribution is 2.61. The average molecular weight is 371 g/mol. The van der Waals surface area contributed by atoms with E-state index in [-0.39, 0.29) is 29.5 Å². The van der Waals surface area contributed by atoms with E-state index in [4.69, 9.17) is 25.3 Å². The second kappa shape index (κ2) is 5.40. The maximum Gasteiger partial charge on any atom is 0.477 e. The second-order valence-corrected chi connectivity index (χ2v) is 9.38. The number of furan rings is 1. The number of hydrogen-bond acceptors (Lipinski definition) is 3. The molecule has 4 atom stereocenters. The van der Waals surface area contributed by atoms with Gasteiger partial charge in [0, 0.05) is 11.3 Å². The summed E-state index contributed by atoms with van der Waals surface area (Å²) in [6, 6.07) is 6.11. The van der Waals surface area contributed by atoms with Gasteiger partial charge in [0.15, 0.2) is 0 Å². The van der Waals surface area contributed by atoms with Crippen molar-refractivity contribution in [3.63, 3.8) is 0 Å². The molecule has 1 saturated heterocycles. The largest absolute Gasteiger partial charge is 0.477 e. The van der Waals surface area contributed by atoms with Crippen molar-refractivity contribution >= 4 is 29.7 Å². The van der Waals surface area contributed by atoms with E-state index in [0.717, 1.165) is 23.0 Å². The summed E-state index contributed by atoms with van der Waals surface area (Å²) in [5.41, 5.74) is 4.66. The lowest BCUT2D eigenvalue weighted by atomic mass is 9.50. The molecule has 1 saturated carbocycles. The van der Waals surface area contributed by atoms with Gasteiger partial charge in [-0.25, -0.2) is 0 Å². The Bertz CT molecular complexity index is 917. The van der Waals surface area contributed by atoms with Crippen molar-refractivity contribution in [1.82, 2.24) is 0 Å². The smallest absolute Gasteiger partial charge is 0.464 e. The van der Waals surface area contributed by atoms with Crippen molar-refractivity contribution < 1.29 is 13.7 Å². The molecule has 3 aliphatic carbocycles. The van der Waals surface area contributed by atoms with Crippen LogP contribution >= 0.6 is 11.6 Å². The van der Waals surface area contributed by atoms with Crippen LogP contribution in [0.3, 0.4) is 0 Å². The van der Waals surface area contributed by atoms with E-state index in [0.29, 0.717) is 12.3 Å². The molecule has 6 rings (SSSR count). The van der Waals surface area contributed by atoms with E-state index >= 15 is 0 Å². The van der Waals surface area contributed by atoms with Crippen molar-refractivity contribution in [2.24, 2.45) is 11.3 Å². The Hall–Kier alpha value is -1.23. The van der Waals surface area contributed by atoms with Gasteiger partial charge in [-0.05, 0) is 49.3 Å². The second-order valence-electron chi connectivity index (χ2n) is 8.82. The molecule has 1 aromatic heterocycles. The Labute approximate surface area is 159 Å². The van der Waals surface area contributed by atoms with Gasteiger partial charge in [-0.15, -0.1) is 11.6 Å². The van der Waals surface area contributed by atoms with Gasteiger partial charge in [-0.1, -0.05) is 37.6 Å². The summed E-state index contributed by atoms with van der Waals surface area (Å²) in [6.45, 7) is 8.91. The van der Waals surface area contributed by atoms with Gasteiger partial charge in [0.2, 0.25) is 0 Å². The molecule has 0 radical (unpaired) electrons. The zero-order valence-corrected chi connectivity index (χ0v) is 16.5. The molecule has 1 aromatic carbocycles. The van der Waals surface area contributed by atoms with Crippen LogP contribution in [-0.2, 0) is 15.7 Å². The fourth-order valence-electron chi connectivity index (χ4n) is 5.28. The van der Waals surface area contributed by atoms with Crippen LogP contribution in [0.1, 0.15) is 38.3 Å². The van der Waals surface area contributed by atoms with E-state index in [9.17, 15) is 0 Å². The molecule has 0 amide bonds. The average Bonchev–Trinajstić information content (AvgIpc) is 3.15. The van der Waals surface area contributed by atoms with Gasteiger partial charge in [-0.3, -0.25) is 0 Å². The lowest BCUT2D eigenvalue weighted by Crippen LogP contribution is -2.59. The summed E-state index contributed by atoms with van der Waals surface area (Å²) >= 11 is 6.78. The lowest BCUT2D eigenvalue weighted by Gasteiger charge is -2.58. The topological polar surface area (TPSA) is 31.6 Å². The van der Waals surface area contributed by atoms with Gasteiger partial charge in [0.25, 0.3) is 0 Å². The predicted molar refractivity (Wildman–Crippen MR) is 104 cm³/mol. The zero-order chi connectivity index (χ0) is 18.3. The fraction of sp³-hybridized carbons (Fsp3) is 0.524. The molecule has 1 unspecified atom stereocenters. The Kier molecular flexibility index (Phi) is 3.51. The van der Waals surface area contributed by atoms with Crippen LogP contribution in [0.5, 0.6) is 0 Å². The summed E-state index contributed by atoms with van der Waals surface area (Å²) in [4.78, 5) is 0. The summed E-state index contributed by atoms with van der Waals surface area (Å²) in [6.07, 6.45) is 5.92. The molecule has 5 heteroatoms. The predicted octanol–water partition coefficient (Wildman–Crippen LogP) is 5.08. The molecule has 0 N–H and O–H groups in total. The van der Waals surface area contributed by atoms with Crippen LogP contribution in [0.15, 0.2) is 40.5 Å². The molecule has 4 aliphatic rings. The van der Waals surface area contributed by atoms with Crippen molar-refractivity contribution in [3.05, 3.63) is 47.2 Å². The van der Waals surface area contributed by atoms with Gasteiger partial charge < -0.3 is 13.7 Å². The SMILES string of the molecule is Cc1cccc2occ(C[C@@H](Cl)B3O[C@@H]4CC5=CC(C5(C)C)[C@]4(C)O3)c12. The lowest BCUT2D eigenvalue weighted by molar-refractivity contribution is -0.0652.